The number of carbonyl (C=O) groups is 1. The standard InChI is InChI=1S/C16H23FN2O2/c1-18-7-6-13(10-18)11-19(2)9-12-4-5-14(15(17)8-12)16(20)21-3/h4-5,8,13H,6-7,9-11H2,1-3H3. The summed E-state index contributed by atoms with van der Waals surface area (Å²) < 4.78 is 18.4. The second-order valence-corrected chi connectivity index (χ2v) is 5.92. The lowest BCUT2D eigenvalue weighted by Gasteiger charge is -2.21. The summed E-state index contributed by atoms with van der Waals surface area (Å²) in [5.74, 6) is -0.478. The zero-order chi connectivity index (χ0) is 15.4. The summed E-state index contributed by atoms with van der Waals surface area (Å²) in [4.78, 5) is 15.9. The lowest BCUT2D eigenvalue weighted by molar-refractivity contribution is 0.0595. The van der Waals surface area contributed by atoms with Crippen LogP contribution in [0.2, 0.25) is 0 Å². The fourth-order valence-electron chi connectivity index (χ4n) is 2.92. The van der Waals surface area contributed by atoms with Crippen LogP contribution in [0.4, 0.5) is 4.39 Å². The molecule has 0 amide bonds. The molecule has 1 aliphatic heterocycles. The molecule has 0 spiro atoms. The molecular formula is C16H23FN2O2. The van der Waals surface area contributed by atoms with Gasteiger partial charge in [-0.2, -0.15) is 0 Å². The molecule has 1 atom stereocenters. The molecule has 0 N–H and O–H groups in total. The monoisotopic (exact) mass is 294 g/mol. The number of rotatable bonds is 5. The number of hydrogen-bond acceptors (Lipinski definition) is 4. The van der Waals surface area contributed by atoms with Gasteiger partial charge in [-0.1, -0.05) is 6.07 Å². The molecule has 1 fully saturated rings. The van der Waals surface area contributed by atoms with Crippen LogP contribution in [0.15, 0.2) is 18.2 Å². The van der Waals surface area contributed by atoms with Crippen molar-refractivity contribution in [1.82, 2.24) is 9.80 Å². The van der Waals surface area contributed by atoms with Crippen molar-refractivity contribution in [3.8, 4) is 0 Å². The number of nitrogens with zero attached hydrogens (tertiary/aromatic N) is 2. The van der Waals surface area contributed by atoms with Gasteiger partial charge >= 0.3 is 5.97 Å². The minimum Gasteiger partial charge on any atom is -0.465 e. The normalized spacial score (nSPS) is 19.2. The van der Waals surface area contributed by atoms with E-state index >= 15 is 0 Å². The van der Waals surface area contributed by atoms with E-state index in [0.717, 1.165) is 25.2 Å². The Morgan fingerprint density at radius 3 is 2.86 bits per heavy atom. The van der Waals surface area contributed by atoms with Crippen LogP contribution in [0, 0.1) is 11.7 Å². The molecule has 0 bridgehead atoms. The number of carbonyl (C=O) groups excluding carboxylic acids is 1. The van der Waals surface area contributed by atoms with Crippen molar-refractivity contribution in [3.05, 3.63) is 35.1 Å². The third-order valence-corrected chi connectivity index (χ3v) is 3.95. The van der Waals surface area contributed by atoms with Gasteiger partial charge in [-0.05, 0) is 50.7 Å². The average molecular weight is 294 g/mol. The number of likely N-dealkylation sites (tertiary alicyclic amines) is 1. The first-order valence-corrected chi connectivity index (χ1v) is 7.23. The van der Waals surface area contributed by atoms with E-state index in [9.17, 15) is 9.18 Å². The van der Waals surface area contributed by atoms with Crippen LogP contribution in [0.25, 0.3) is 0 Å². The van der Waals surface area contributed by atoms with E-state index in [1.54, 1.807) is 6.07 Å². The lowest BCUT2D eigenvalue weighted by Crippen LogP contribution is -2.27. The number of benzene rings is 1. The maximum atomic E-state index is 13.9. The van der Waals surface area contributed by atoms with Gasteiger partial charge in [0.2, 0.25) is 0 Å². The van der Waals surface area contributed by atoms with Crippen molar-refractivity contribution in [2.75, 3.05) is 40.8 Å². The highest BCUT2D eigenvalue weighted by Gasteiger charge is 2.21. The van der Waals surface area contributed by atoms with E-state index in [2.05, 4.69) is 21.6 Å². The molecule has 21 heavy (non-hydrogen) atoms. The highest BCUT2D eigenvalue weighted by Crippen LogP contribution is 2.17. The lowest BCUT2D eigenvalue weighted by atomic mass is 10.1. The maximum Gasteiger partial charge on any atom is 0.340 e. The summed E-state index contributed by atoms with van der Waals surface area (Å²) in [6.45, 7) is 3.96. The molecule has 1 aromatic rings. The van der Waals surface area contributed by atoms with Gasteiger partial charge in [-0.15, -0.1) is 0 Å². The first-order valence-electron chi connectivity index (χ1n) is 7.23. The molecule has 1 aliphatic rings. The quantitative estimate of drug-likeness (QED) is 0.778. The molecule has 116 valence electrons. The highest BCUT2D eigenvalue weighted by molar-refractivity contribution is 5.89. The van der Waals surface area contributed by atoms with E-state index in [0.29, 0.717) is 12.5 Å². The molecule has 0 saturated carbocycles. The summed E-state index contributed by atoms with van der Waals surface area (Å²) in [6, 6.07) is 4.70. The molecule has 1 aromatic carbocycles. The molecule has 4 nitrogen and oxygen atoms in total. The molecule has 2 rings (SSSR count). The van der Waals surface area contributed by atoms with Crippen LogP contribution in [0.1, 0.15) is 22.3 Å². The molecule has 1 heterocycles. The molecule has 0 radical (unpaired) electrons. The third-order valence-electron chi connectivity index (χ3n) is 3.95. The number of methoxy groups -OCH3 is 1. The van der Waals surface area contributed by atoms with Gasteiger partial charge in [0.15, 0.2) is 0 Å². The second-order valence-electron chi connectivity index (χ2n) is 5.92. The first-order chi connectivity index (χ1) is 9.99. The van der Waals surface area contributed by atoms with Gasteiger partial charge in [-0.3, -0.25) is 0 Å². The van der Waals surface area contributed by atoms with Gasteiger partial charge in [-0.25, -0.2) is 9.18 Å². The van der Waals surface area contributed by atoms with Crippen LogP contribution in [-0.2, 0) is 11.3 Å². The molecular weight excluding hydrogens is 271 g/mol. The summed E-state index contributed by atoms with van der Waals surface area (Å²) in [5, 5.41) is 0. The largest absolute Gasteiger partial charge is 0.465 e. The minimum atomic E-state index is -0.638. The van der Waals surface area contributed by atoms with Crippen molar-refractivity contribution < 1.29 is 13.9 Å². The van der Waals surface area contributed by atoms with Gasteiger partial charge < -0.3 is 14.5 Å². The predicted molar refractivity (Wildman–Crippen MR) is 79.7 cm³/mol. The van der Waals surface area contributed by atoms with Gasteiger partial charge in [0, 0.05) is 19.6 Å². The third kappa shape index (κ3) is 4.25. The predicted octanol–water partition coefficient (Wildman–Crippen LogP) is 2.00. The van der Waals surface area contributed by atoms with Gasteiger partial charge in [0.1, 0.15) is 5.82 Å². The Morgan fingerprint density at radius 2 is 2.29 bits per heavy atom. The molecule has 0 aliphatic carbocycles. The average Bonchev–Trinajstić information content (AvgIpc) is 2.83. The molecule has 1 saturated heterocycles. The Kier molecular flexibility index (Phi) is 5.31. The summed E-state index contributed by atoms with van der Waals surface area (Å²) in [5.41, 5.74) is 0.857. The van der Waals surface area contributed by atoms with Crippen LogP contribution in [-0.4, -0.2) is 56.6 Å². The molecule has 5 heteroatoms. The van der Waals surface area contributed by atoms with Crippen LogP contribution < -0.4 is 0 Å². The smallest absolute Gasteiger partial charge is 0.340 e. The fraction of sp³-hybridized carbons (Fsp3) is 0.562. The van der Waals surface area contributed by atoms with E-state index < -0.39 is 11.8 Å². The Hall–Kier alpha value is -1.46. The first kappa shape index (κ1) is 15.9. The Balaban J connectivity index is 1.93. The molecule has 1 unspecified atom stereocenters. The van der Waals surface area contributed by atoms with Crippen LogP contribution in [0.5, 0.6) is 0 Å². The van der Waals surface area contributed by atoms with Crippen molar-refractivity contribution in [3.63, 3.8) is 0 Å². The van der Waals surface area contributed by atoms with Crippen molar-refractivity contribution in [1.29, 1.82) is 0 Å². The zero-order valence-electron chi connectivity index (χ0n) is 12.9. The van der Waals surface area contributed by atoms with E-state index in [4.69, 9.17) is 0 Å². The van der Waals surface area contributed by atoms with Crippen LogP contribution in [0.3, 0.4) is 0 Å². The number of halogens is 1. The highest BCUT2D eigenvalue weighted by atomic mass is 19.1. The SMILES string of the molecule is COC(=O)c1ccc(CN(C)CC2CCN(C)C2)cc1F. The minimum absolute atomic E-state index is 0.0127. The molecule has 0 aromatic heterocycles. The Labute approximate surface area is 125 Å². The van der Waals surface area contributed by atoms with Gasteiger partial charge in [0.25, 0.3) is 0 Å². The second kappa shape index (κ2) is 7.00. The van der Waals surface area contributed by atoms with Crippen molar-refractivity contribution in [2.24, 2.45) is 5.92 Å². The summed E-state index contributed by atoms with van der Waals surface area (Å²) >= 11 is 0. The van der Waals surface area contributed by atoms with E-state index in [1.165, 1.54) is 25.7 Å². The number of ether oxygens (including phenoxy) is 1. The summed E-state index contributed by atoms with van der Waals surface area (Å²) in [7, 11) is 5.44. The van der Waals surface area contributed by atoms with Crippen molar-refractivity contribution >= 4 is 5.97 Å². The fourth-order valence-corrected chi connectivity index (χ4v) is 2.92. The number of hydrogen-bond donors (Lipinski definition) is 0. The van der Waals surface area contributed by atoms with E-state index in [-0.39, 0.29) is 5.56 Å². The van der Waals surface area contributed by atoms with Crippen molar-refractivity contribution in [2.45, 2.75) is 13.0 Å². The Morgan fingerprint density at radius 1 is 1.52 bits per heavy atom. The maximum absolute atomic E-state index is 13.9. The topological polar surface area (TPSA) is 32.8 Å². The van der Waals surface area contributed by atoms with Crippen LogP contribution >= 0.6 is 0 Å². The zero-order valence-corrected chi connectivity index (χ0v) is 12.9. The van der Waals surface area contributed by atoms with Gasteiger partial charge in [0.05, 0.1) is 12.7 Å². The van der Waals surface area contributed by atoms with E-state index in [1.807, 2.05) is 7.05 Å². The number of esters is 1. The summed E-state index contributed by atoms with van der Waals surface area (Å²) in [6.07, 6.45) is 1.22. The Bertz CT molecular complexity index is 507.